The van der Waals surface area contributed by atoms with Crippen LogP contribution in [0.3, 0.4) is 0 Å². The van der Waals surface area contributed by atoms with Crippen molar-refractivity contribution in [3.05, 3.63) is 32.8 Å². The molecule has 0 spiro atoms. The second kappa shape index (κ2) is 7.67. The van der Waals surface area contributed by atoms with Crippen LogP contribution in [0.25, 0.3) is 0 Å². The average Bonchev–Trinajstić information content (AvgIpc) is 2.39. The Hall–Kier alpha value is -1.50. The quantitative estimate of drug-likeness (QED) is 0.631. The number of rotatable bonds is 4. The molecule has 6 nitrogen and oxygen atoms in total. The number of primary amides is 1. The first kappa shape index (κ1) is 18.5. The fourth-order valence-electron chi connectivity index (χ4n) is 1.57. The summed E-state index contributed by atoms with van der Waals surface area (Å²) in [5.41, 5.74) is 4.71. The number of carbonyl (C=O) groups is 3. The molecule has 0 saturated heterocycles. The Kier molecular flexibility index (Phi) is 6.47. The maximum atomic E-state index is 12.2. The smallest absolute Gasteiger partial charge is 0.342 e. The Balaban J connectivity index is 3.05. The molecule has 0 radical (unpaired) electrons. The molecule has 0 fully saturated rings. The topological polar surface area (TPSA) is 98.5 Å². The highest BCUT2D eigenvalue weighted by molar-refractivity contribution is 6.46. The molecule has 120 valence electrons. The molecule has 9 heteroatoms. The van der Waals surface area contributed by atoms with Crippen LogP contribution in [-0.4, -0.2) is 24.0 Å². The van der Waals surface area contributed by atoms with E-state index < -0.39 is 29.9 Å². The van der Waals surface area contributed by atoms with Gasteiger partial charge in [-0.15, -0.1) is 0 Å². The molecule has 3 amide bonds. The lowest BCUT2D eigenvalue weighted by Crippen LogP contribution is -2.45. The van der Waals surface area contributed by atoms with Crippen molar-refractivity contribution < 1.29 is 19.1 Å². The number of hydrogen-bond donors (Lipinski definition) is 2. The highest BCUT2D eigenvalue weighted by atomic mass is 35.5. The van der Waals surface area contributed by atoms with Crippen LogP contribution in [0.15, 0.2) is 12.1 Å². The maximum Gasteiger partial charge on any atom is 0.342 e. The Morgan fingerprint density at radius 2 is 1.68 bits per heavy atom. The molecule has 1 atom stereocenters. The normalized spacial score (nSPS) is 11.9. The van der Waals surface area contributed by atoms with Crippen molar-refractivity contribution in [2.75, 3.05) is 0 Å². The largest absolute Gasteiger partial charge is 0.448 e. The van der Waals surface area contributed by atoms with E-state index in [2.05, 4.69) is 0 Å². The Bertz CT molecular complexity index is 620. The van der Waals surface area contributed by atoms with Crippen molar-refractivity contribution in [2.24, 2.45) is 11.7 Å². The minimum Gasteiger partial charge on any atom is -0.448 e. The first-order valence-corrected chi connectivity index (χ1v) is 7.23. The van der Waals surface area contributed by atoms with Crippen LogP contribution in [0.2, 0.25) is 15.1 Å². The van der Waals surface area contributed by atoms with Gasteiger partial charge in [0.25, 0.3) is 5.91 Å². The Labute approximate surface area is 141 Å². The second-order valence-electron chi connectivity index (χ2n) is 4.64. The maximum absolute atomic E-state index is 12.2. The minimum absolute atomic E-state index is 0.0252. The van der Waals surface area contributed by atoms with Gasteiger partial charge in [-0.2, -0.15) is 0 Å². The lowest BCUT2D eigenvalue weighted by atomic mass is 10.1. The van der Waals surface area contributed by atoms with Gasteiger partial charge >= 0.3 is 12.0 Å². The van der Waals surface area contributed by atoms with Crippen LogP contribution in [0.4, 0.5) is 4.79 Å². The van der Waals surface area contributed by atoms with Gasteiger partial charge in [0.2, 0.25) is 0 Å². The lowest BCUT2D eigenvalue weighted by molar-refractivity contribution is -0.130. The second-order valence-corrected chi connectivity index (χ2v) is 5.83. The highest BCUT2D eigenvalue weighted by Gasteiger charge is 2.30. The van der Waals surface area contributed by atoms with E-state index in [9.17, 15) is 14.4 Å². The molecule has 0 aliphatic carbocycles. The molecule has 0 bridgehead atoms. The van der Waals surface area contributed by atoms with Crippen LogP contribution in [0.1, 0.15) is 24.2 Å². The molecule has 1 aromatic carbocycles. The van der Waals surface area contributed by atoms with E-state index in [-0.39, 0.29) is 20.6 Å². The molecule has 1 rings (SSSR count). The van der Waals surface area contributed by atoms with E-state index in [1.54, 1.807) is 13.8 Å². The molecule has 22 heavy (non-hydrogen) atoms. The predicted molar refractivity (Wildman–Crippen MR) is 83.2 cm³/mol. The van der Waals surface area contributed by atoms with Crippen LogP contribution in [0, 0.1) is 5.92 Å². The van der Waals surface area contributed by atoms with E-state index in [4.69, 9.17) is 45.3 Å². The molecule has 1 unspecified atom stereocenters. The zero-order valence-corrected chi connectivity index (χ0v) is 13.9. The summed E-state index contributed by atoms with van der Waals surface area (Å²) in [6.07, 6.45) is -1.24. The number of amides is 3. The minimum atomic E-state index is -1.24. The fourth-order valence-corrected chi connectivity index (χ4v) is 2.26. The van der Waals surface area contributed by atoms with Crippen molar-refractivity contribution in [1.82, 2.24) is 5.32 Å². The summed E-state index contributed by atoms with van der Waals surface area (Å²) in [7, 11) is 0. The SMILES string of the molecule is CC(C)C(OC(=O)c1c(Cl)ccc(Cl)c1Cl)C(=O)NC(N)=O. The third kappa shape index (κ3) is 4.50. The van der Waals surface area contributed by atoms with Gasteiger partial charge in [-0.25, -0.2) is 9.59 Å². The zero-order chi connectivity index (χ0) is 17.0. The first-order valence-electron chi connectivity index (χ1n) is 6.10. The number of urea groups is 1. The van der Waals surface area contributed by atoms with E-state index >= 15 is 0 Å². The number of halogens is 3. The van der Waals surface area contributed by atoms with Crippen molar-refractivity contribution in [2.45, 2.75) is 20.0 Å². The summed E-state index contributed by atoms with van der Waals surface area (Å²) in [4.78, 5) is 34.8. The molecular formula is C13H13Cl3N2O4. The van der Waals surface area contributed by atoms with Gasteiger partial charge in [0.15, 0.2) is 6.10 Å². The molecular weight excluding hydrogens is 355 g/mol. The summed E-state index contributed by atoms with van der Waals surface area (Å²) in [5, 5.41) is 1.90. The Morgan fingerprint density at radius 3 is 2.18 bits per heavy atom. The number of imide groups is 1. The van der Waals surface area contributed by atoms with E-state index in [0.29, 0.717) is 0 Å². The number of esters is 1. The lowest BCUT2D eigenvalue weighted by Gasteiger charge is -2.20. The van der Waals surface area contributed by atoms with Gasteiger partial charge in [0.05, 0.1) is 20.6 Å². The number of ether oxygens (including phenoxy) is 1. The van der Waals surface area contributed by atoms with E-state index in [1.807, 2.05) is 5.32 Å². The van der Waals surface area contributed by atoms with Gasteiger partial charge in [0, 0.05) is 0 Å². The number of benzene rings is 1. The Morgan fingerprint density at radius 1 is 1.14 bits per heavy atom. The summed E-state index contributed by atoms with van der Waals surface area (Å²) in [6, 6.07) is 1.74. The van der Waals surface area contributed by atoms with Crippen molar-refractivity contribution >= 4 is 52.7 Å². The van der Waals surface area contributed by atoms with E-state index in [1.165, 1.54) is 12.1 Å². The molecule has 0 saturated carbocycles. The summed E-state index contributed by atoms with van der Waals surface area (Å²) in [6.45, 7) is 3.25. The van der Waals surface area contributed by atoms with Crippen molar-refractivity contribution in [3.8, 4) is 0 Å². The summed E-state index contributed by atoms with van der Waals surface area (Å²) >= 11 is 17.7. The van der Waals surface area contributed by atoms with Gasteiger partial charge < -0.3 is 10.5 Å². The standard InChI is InChI=1S/C13H13Cl3N2O4/c1-5(2)10(11(19)18-13(17)21)22-12(20)8-6(14)3-4-7(15)9(8)16/h3-5,10H,1-2H3,(H3,17,18,19,21). The number of nitrogens with one attached hydrogen (secondary N) is 1. The third-order valence-corrected chi connectivity index (χ3v) is 3.71. The van der Waals surface area contributed by atoms with E-state index in [0.717, 1.165) is 0 Å². The van der Waals surface area contributed by atoms with Crippen LogP contribution >= 0.6 is 34.8 Å². The molecule has 1 aromatic rings. The first-order chi connectivity index (χ1) is 10.1. The third-order valence-electron chi connectivity index (χ3n) is 2.59. The van der Waals surface area contributed by atoms with Crippen molar-refractivity contribution in [1.29, 1.82) is 0 Å². The predicted octanol–water partition coefficient (Wildman–Crippen LogP) is 3.02. The highest BCUT2D eigenvalue weighted by Crippen LogP contribution is 2.32. The fraction of sp³-hybridized carbons (Fsp3) is 0.308. The monoisotopic (exact) mass is 366 g/mol. The van der Waals surface area contributed by atoms with Gasteiger partial charge in [-0.3, -0.25) is 10.1 Å². The molecule has 3 N–H and O–H groups in total. The average molecular weight is 368 g/mol. The number of carbonyl (C=O) groups excluding carboxylic acids is 3. The zero-order valence-electron chi connectivity index (χ0n) is 11.7. The van der Waals surface area contributed by atoms with Crippen molar-refractivity contribution in [3.63, 3.8) is 0 Å². The molecule has 0 aromatic heterocycles. The summed E-state index contributed by atoms with van der Waals surface area (Å²) < 4.78 is 5.09. The number of nitrogens with two attached hydrogens (primary N) is 1. The van der Waals surface area contributed by atoms with Gasteiger partial charge in [-0.05, 0) is 18.1 Å². The number of hydrogen-bond acceptors (Lipinski definition) is 4. The van der Waals surface area contributed by atoms with Crippen LogP contribution in [-0.2, 0) is 9.53 Å². The molecule has 0 aliphatic heterocycles. The van der Waals surface area contributed by atoms with Crippen LogP contribution in [0.5, 0.6) is 0 Å². The van der Waals surface area contributed by atoms with Gasteiger partial charge in [-0.1, -0.05) is 48.7 Å². The molecule has 0 aliphatic rings. The van der Waals surface area contributed by atoms with Gasteiger partial charge in [0.1, 0.15) is 0 Å². The summed E-state index contributed by atoms with van der Waals surface area (Å²) in [5.74, 6) is -2.19. The van der Waals surface area contributed by atoms with Crippen LogP contribution < -0.4 is 11.1 Å². The molecule has 0 heterocycles.